The van der Waals surface area contributed by atoms with Crippen molar-refractivity contribution in [3.63, 3.8) is 0 Å². The first-order valence-electron chi connectivity index (χ1n) is 10.1. The summed E-state index contributed by atoms with van der Waals surface area (Å²) in [6, 6.07) is 5.83. The van der Waals surface area contributed by atoms with Crippen LogP contribution in [0.4, 0.5) is 15.6 Å². The molecule has 158 valence electrons. The van der Waals surface area contributed by atoms with Gasteiger partial charge in [-0.05, 0) is 32.0 Å². The van der Waals surface area contributed by atoms with Crippen LogP contribution in [0.25, 0.3) is 5.82 Å². The van der Waals surface area contributed by atoms with Gasteiger partial charge in [-0.1, -0.05) is 0 Å². The highest BCUT2D eigenvalue weighted by molar-refractivity contribution is 7.15. The van der Waals surface area contributed by atoms with E-state index in [1.54, 1.807) is 10.9 Å². The molecule has 0 aromatic carbocycles. The number of piperazine rings is 1. The summed E-state index contributed by atoms with van der Waals surface area (Å²) in [6.45, 7) is 9.22. The van der Waals surface area contributed by atoms with Gasteiger partial charge in [0.05, 0.1) is 11.4 Å². The zero-order valence-electron chi connectivity index (χ0n) is 17.2. The third-order valence-electron chi connectivity index (χ3n) is 4.99. The molecule has 0 unspecified atom stereocenters. The maximum absolute atomic E-state index is 11.6. The van der Waals surface area contributed by atoms with Crippen LogP contribution in [-0.4, -0.2) is 63.4 Å². The molecule has 1 saturated heterocycles. The minimum Gasteiger partial charge on any atom is -0.368 e. The number of thiazole rings is 1. The molecule has 1 fully saturated rings. The van der Waals surface area contributed by atoms with Gasteiger partial charge in [0.1, 0.15) is 0 Å². The summed E-state index contributed by atoms with van der Waals surface area (Å²) < 4.78 is 1.78. The number of aryl methyl sites for hydroxylation is 1. The predicted octanol–water partition coefficient (Wildman–Crippen LogP) is 2.50. The van der Waals surface area contributed by atoms with Gasteiger partial charge < -0.3 is 10.2 Å². The standard InChI is InChI=1S/C20H26N8OS/c1-3-21-19(29)25-20-22-13-16(30-20)14-26-9-11-27(12-10-26)17-5-6-18(24-15(17)2)28-8-4-7-23-28/h4-8,13H,3,9-12,14H2,1-2H3,(H2,21,22,25,29). The van der Waals surface area contributed by atoms with Crippen LogP contribution in [0, 0.1) is 6.92 Å². The molecule has 0 bridgehead atoms. The van der Waals surface area contributed by atoms with Crippen molar-refractivity contribution in [3.05, 3.63) is 47.4 Å². The fourth-order valence-electron chi connectivity index (χ4n) is 3.51. The van der Waals surface area contributed by atoms with Crippen LogP contribution < -0.4 is 15.5 Å². The Labute approximate surface area is 179 Å². The molecule has 0 radical (unpaired) electrons. The fraction of sp³-hybridized carbons (Fsp3) is 0.400. The molecule has 9 nitrogen and oxygen atoms in total. The number of aromatic nitrogens is 4. The van der Waals surface area contributed by atoms with Crippen LogP contribution in [-0.2, 0) is 6.54 Å². The lowest BCUT2D eigenvalue weighted by Crippen LogP contribution is -2.46. The lowest BCUT2D eigenvalue weighted by molar-refractivity contribution is 0.251. The molecule has 3 aromatic rings. The number of anilines is 2. The second-order valence-corrected chi connectivity index (χ2v) is 8.22. The van der Waals surface area contributed by atoms with Gasteiger partial charge in [0.2, 0.25) is 0 Å². The molecule has 1 aliphatic heterocycles. The van der Waals surface area contributed by atoms with E-state index in [0.717, 1.165) is 49.1 Å². The maximum Gasteiger partial charge on any atom is 0.321 e. The topological polar surface area (TPSA) is 91.2 Å². The van der Waals surface area contributed by atoms with Crippen molar-refractivity contribution in [1.82, 2.24) is 30.0 Å². The lowest BCUT2D eigenvalue weighted by atomic mass is 10.2. The summed E-state index contributed by atoms with van der Waals surface area (Å²) in [4.78, 5) is 26.6. The highest BCUT2D eigenvalue weighted by atomic mass is 32.1. The third-order valence-corrected chi connectivity index (χ3v) is 5.88. The first kappa shape index (κ1) is 20.3. The van der Waals surface area contributed by atoms with Gasteiger partial charge in [-0.25, -0.2) is 19.4 Å². The molecule has 4 rings (SSSR count). The summed E-state index contributed by atoms with van der Waals surface area (Å²) in [5, 5.41) is 10.4. The van der Waals surface area contributed by atoms with Crippen molar-refractivity contribution >= 4 is 28.2 Å². The Balaban J connectivity index is 1.31. The highest BCUT2D eigenvalue weighted by Gasteiger charge is 2.20. The van der Waals surface area contributed by atoms with Gasteiger partial charge in [-0.2, -0.15) is 5.10 Å². The van der Waals surface area contributed by atoms with Gasteiger partial charge in [0.15, 0.2) is 10.9 Å². The third kappa shape index (κ3) is 4.77. The Kier molecular flexibility index (Phi) is 6.24. The summed E-state index contributed by atoms with van der Waals surface area (Å²) >= 11 is 1.52. The normalized spacial score (nSPS) is 14.7. The molecule has 4 heterocycles. The first-order valence-corrected chi connectivity index (χ1v) is 10.9. The zero-order valence-corrected chi connectivity index (χ0v) is 18.0. The van der Waals surface area contributed by atoms with Crippen molar-refractivity contribution in [2.75, 3.05) is 42.9 Å². The van der Waals surface area contributed by atoms with E-state index in [0.29, 0.717) is 11.7 Å². The van der Waals surface area contributed by atoms with Crippen LogP contribution in [0.3, 0.4) is 0 Å². The van der Waals surface area contributed by atoms with Gasteiger partial charge in [-0.3, -0.25) is 10.2 Å². The lowest BCUT2D eigenvalue weighted by Gasteiger charge is -2.36. The van der Waals surface area contributed by atoms with Gasteiger partial charge in [-0.15, -0.1) is 11.3 Å². The Morgan fingerprint density at radius 3 is 2.77 bits per heavy atom. The number of nitrogens with one attached hydrogen (secondary N) is 2. The molecule has 0 aliphatic carbocycles. The van der Waals surface area contributed by atoms with Gasteiger partial charge >= 0.3 is 6.03 Å². The molecule has 2 amide bonds. The van der Waals surface area contributed by atoms with E-state index in [1.807, 2.05) is 31.5 Å². The van der Waals surface area contributed by atoms with E-state index in [4.69, 9.17) is 4.98 Å². The predicted molar refractivity (Wildman–Crippen MR) is 118 cm³/mol. The van der Waals surface area contributed by atoms with Crippen molar-refractivity contribution in [3.8, 4) is 5.82 Å². The number of hydrogen-bond acceptors (Lipinski definition) is 7. The van der Waals surface area contributed by atoms with Crippen molar-refractivity contribution in [2.24, 2.45) is 0 Å². The van der Waals surface area contributed by atoms with Crippen molar-refractivity contribution < 1.29 is 4.79 Å². The molecule has 10 heteroatoms. The molecular formula is C20H26N8OS. The number of carbonyl (C=O) groups excluding carboxylic acids is 1. The summed E-state index contributed by atoms with van der Waals surface area (Å²) in [7, 11) is 0. The fourth-order valence-corrected chi connectivity index (χ4v) is 4.36. The first-order chi connectivity index (χ1) is 14.6. The summed E-state index contributed by atoms with van der Waals surface area (Å²) in [5.74, 6) is 0.835. The monoisotopic (exact) mass is 426 g/mol. The quantitative estimate of drug-likeness (QED) is 0.629. The van der Waals surface area contributed by atoms with E-state index < -0.39 is 0 Å². The number of amides is 2. The molecule has 30 heavy (non-hydrogen) atoms. The average Bonchev–Trinajstić information content (AvgIpc) is 3.41. The molecule has 0 atom stereocenters. The second-order valence-electron chi connectivity index (χ2n) is 7.10. The molecular weight excluding hydrogens is 400 g/mol. The van der Waals surface area contributed by atoms with Crippen LogP contribution in [0.15, 0.2) is 36.8 Å². The van der Waals surface area contributed by atoms with Crippen molar-refractivity contribution in [1.29, 1.82) is 0 Å². The van der Waals surface area contributed by atoms with E-state index in [2.05, 4.69) is 43.5 Å². The van der Waals surface area contributed by atoms with E-state index >= 15 is 0 Å². The maximum atomic E-state index is 11.6. The van der Waals surface area contributed by atoms with Crippen LogP contribution in [0.2, 0.25) is 0 Å². The second kappa shape index (κ2) is 9.23. The van der Waals surface area contributed by atoms with Crippen LogP contribution in [0.1, 0.15) is 17.5 Å². The molecule has 0 spiro atoms. The van der Waals surface area contributed by atoms with E-state index in [9.17, 15) is 4.79 Å². The summed E-state index contributed by atoms with van der Waals surface area (Å²) in [6.07, 6.45) is 5.50. The Hall–Kier alpha value is -2.98. The van der Waals surface area contributed by atoms with Crippen LogP contribution in [0.5, 0.6) is 0 Å². The number of carbonyl (C=O) groups is 1. The zero-order chi connectivity index (χ0) is 20.9. The Morgan fingerprint density at radius 2 is 2.07 bits per heavy atom. The minimum absolute atomic E-state index is 0.213. The molecule has 3 aromatic heterocycles. The van der Waals surface area contributed by atoms with E-state index in [-0.39, 0.29) is 6.03 Å². The average molecular weight is 427 g/mol. The highest BCUT2D eigenvalue weighted by Crippen LogP contribution is 2.24. The van der Waals surface area contributed by atoms with Gasteiger partial charge in [0.25, 0.3) is 0 Å². The Bertz CT molecular complexity index is 979. The number of pyridine rings is 1. The van der Waals surface area contributed by atoms with Crippen LogP contribution >= 0.6 is 11.3 Å². The van der Waals surface area contributed by atoms with Gasteiger partial charge in [0, 0.05) is 62.7 Å². The SMILES string of the molecule is CCNC(=O)Nc1ncc(CN2CCN(c3ccc(-n4cccn4)nc3C)CC2)s1. The largest absolute Gasteiger partial charge is 0.368 e. The Morgan fingerprint density at radius 1 is 1.23 bits per heavy atom. The van der Waals surface area contributed by atoms with E-state index in [1.165, 1.54) is 17.0 Å². The van der Waals surface area contributed by atoms with Crippen molar-refractivity contribution in [2.45, 2.75) is 20.4 Å². The minimum atomic E-state index is -0.213. The molecule has 1 aliphatic rings. The summed E-state index contributed by atoms with van der Waals surface area (Å²) in [5.41, 5.74) is 2.19. The smallest absolute Gasteiger partial charge is 0.321 e. The molecule has 0 saturated carbocycles. The number of hydrogen-bond donors (Lipinski definition) is 2. The number of nitrogens with zero attached hydrogens (tertiary/aromatic N) is 6. The number of rotatable bonds is 6. The number of urea groups is 1. The molecule has 2 N–H and O–H groups in total.